The minimum absolute atomic E-state index is 0.354. The molecule has 2 N–H and O–H groups in total. The van der Waals surface area contributed by atoms with Crippen LogP contribution in [0.1, 0.15) is 6.92 Å². The second-order valence-corrected chi connectivity index (χ2v) is 5.91. The monoisotopic (exact) mass is 283 g/mol. The van der Waals surface area contributed by atoms with Gasteiger partial charge in [-0.3, -0.25) is 4.72 Å². The molecule has 0 saturated heterocycles. The molecule has 5 nitrogen and oxygen atoms in total. The average molecular weight is 283 g/mol. The van der Waals surface area contributed by atoms with Crippen LogP contribution in [0.15, 0.2) is 35.8 Å². The summed E-state index contributed by atoms with van der Waals surface area (Å²) in [7, 11) is -3.46. The van der Waals surface area contributed by atoms with Crippen molar-refractivity contribution in [2.24, 2.45) is 0 Å². The molecule has 1 heterocycles. The Bertz CT molecular complexity index is 592. The first-order chi connectivity index (χ1) is 8.61. The van der Waals surface area contributed by atoms with Gasteiger partial charge in [0.15, 0.2) is 0 Å². The van der Waals surface area contributed by atoms with E-state index in [1.54, 1.807) is 36.6 Å². The second-order valence-electron chi connectivity index (χ2n) is 3.52. The molecule has 0 aliphatic rings. The molecule has 2 aromatic rings. The van der Waals surface area contributed by atoms with Gasteiger partial charge in [-0.05, 0) is 24.3 Å². The van der Waals surface area contributed by atoms with E-state index in [4.69, 9.17) is 0 Å². The van der Waals surface area contributed by atoms with Gasteiger partial charge in [-0.15, -0.1) is 11.3 Å². The van der Waals surface area contributed by atoms with Crippen LogP contribution in [-0.4, -0.2) is 19.9 Å². The first kappa shape index (κ1) is 13.0. The molecule has 0 aliphatic carbocycles. The molecule has 96 valence electrons. The summed E-state index contributed by atoms with van der Waals surface area (Å²) < 4.78 is 27.8. The van der Waals surface area contributed by atoms with Crippen molar-refractivity contribution in [2.75, 3.05) is 11.3 Å². The lowest BCUT2D eigenvalue weighted by Crippen LogP contribution is -2.29. The van der Waals surface area contributed by atoms with Crippen LogP contribution in [0.2, 0.25) is 0 Å². The molecule has 7 heteroatoms. The van der Waals surface area contributed by atoms with Gasteiger partial charge in [0, 0.05) is 29.4 Å². The number of nitrogens with one attached hydrogen (secondary N) is 2. The summed E-state index contributed by atoms with van der Waals surface area (Å²) in [6.45, 7) is 2.08. The second kappa shape index (κ2) is 5.47. The highest BCUT2D eigenvalue weighted by Crippen LogP contribution is 2.23. The SMILES string of the molecule is CCNS(=O)(=O)Nc1ccc(-c2nccs2)cc1. The molecule has 0 spiro atoms. The standard InChI is InChI=1S/C11H13N3O2S2/c1-2-13-18(15,16)14-10-5-3-9(4-6-10)11-12-7-8-17-11/h3-8,13-14H,2H2,1H3. The van der Waals surface area contributed by atoms with Gasteiger partial charge in [-0.1, -0.05) is 6.92 Å². The van der Waals surface area contributed by atoms with Crippen LogP contribution in [0.25, 0.3) is 10.6 Å². The Labute approximate surface area is 110 Å². The molecule has 1 aromatic carbocycles. The third kappa shape index (κ3) is 3.28. The highest BCUT2D eigenvalue weighted by molar-refractivity contribution is 7.90. The molecule has 18 heavy (non-hydrogen) atoms. The number of anilines is 1. The normalized spacial score (nSPS) is 11.4. The molecule has 0 radical (unpaired) electrons. The first-order valence-corrected chi connectivity index (χ1v) is 7.74. The maximum absolute atomic E-state index is 11.5. The smallest absolute Gasteiger partial charge is 0.271 e. The van der Waals surface area contributed by atoms with Crippen molar-refractivity contribution in [3.05, 3.63) is 35.8 Å². The van der Waals surface area contributed by atoms with Crippen molar-refractivity contribution in [1.82, 2.24) is 9.71 Å². The molecule has 0 bridgehead atoms. The lowest BCUT2D eigenvalue weighted by Gasteiger charge is -2.07. The molecule has 0 saturated carbocycles. The summed E-state index contributed by atoms with van der Waals surface area (Å²) in [5, 5.41) is 2.81. The van der Waals surface area contributed by atoms with E-state index in [2.05, 4.69) is 14.4 Å². The fraction of sp³-hybridized carbons (Fsp3) is 0.182. The van der Waals surface area contributed by atoms with Crippen LogP contribution >= 0.6 is 11.3 Å². The zero-order valence-corrected chi connectivity index (χ0v) is 11.4. The van der Waals surface area contributed by atoms with Gasteiger partial charge in [0.05, 0.1) is 0 Å². The fourth-order valence-corrected chi connectivity index (χ4v) is 2.97. The predicted octanol–water partition coefficient (Wildman–Crippen LogP) is 2.08. The first-order valence-electron chi connectivity index (χ1n) is 5.38. The molecule has 0 unspecified atom stereocenters. The van der Waals surface area contributed by atoms with Gasteiger partial charge in [0.25, 0.3) is 10.2 Å². The van der Waals surface area contributed by atoms with Crippen molar-refractivity contribution in [1.29, 1.82) is 0 Å². The topological polar surface area (TPSA) is 71.1 Å². The van der Waals surface area contributed by atoms with E-state index in [9.17, 15) is 8.42 Å². The zero-order valence-electron chi connectivity index (χ0n) is 9.75. The van der Waals surface area contributed by atoms with Gasteiger partial charge < -0.3 is 0 Å². The number of aromatic nitrogens is 1. The van der Waals surface area contributed by atoms with Crippen LogP contribution in [-0.2, 0) is 10.2 Å². The Hall–Kier alpha value is -1.44. The van der Waals surface area contributed by atoms with Crippen molar-refractivity contribution in [3.63, 3.8) is 0 Å². The van der Waals surface area contributed by atoms with Gasteiger partial charge >= 0.3 is 0 Å². The van der Waals surface area contributed by atoms with E-state index in [-0.39, 0.29) is 0 Å². The summed E-state index contributed by atoms with van der Waals surface area (Å²) in [6, 6.07) is 7.10. The Morgan fingerprint density at radius 3 is 2.56 bits per heavy atom. The summed E-state index contributed by atoms with van der Waals surface area (Å²) >= 11 is 1.54. The Morgan fingerprint density at radius 1 is 1.28 bits per heavy atom. The molecular formula is C11H13N3O2S2. The highest BCUT2D eigenvalue weighted by atomic mass is 32.2. The minimum atomic E-state index is -3.46. The third-order valence-electron chi connectivity index (χ3n) is 2.15. The van der Waals surface area contributed by atoms with Crippen molar-refractivity contribution < 1.29 is 8.42 Å². The van der Waals surface area contributed by atoms with E-state index in [1.165, 1.54) is 0 Å². The maximum Gasteiger partial charge on any atom is 0.299 e. The lowest BCUT2D eigenvalue weighted by molar-refractivity contribution is 0.589. The lowest BCUT2D eigenvalue weighted by atomic mass is 10.2. The van der Waals surface area contributed by atoms with Crippen LogP contribution in [0.3, 0.4) is 0 Å². The van der Waals surface area contributed by atoms with Crippen LogP contribution in [0, 0.1) is 0 Å². The number of hydrogen-bond acceptors (Lipinski definition) is 4. The quantitative estimate of drug-likeness (QED) is 0.882. The Kier molecular flexibility index (Phi) is 3.95. The van der Waals surface area contributed by atoms with Crippen molar-refractivity contribution in [3.8, 4) is 10.6 Å². The van der Waals surface area contributed by atoms with Gasteiger partial charge in [0.1, 0.15) is 5.01 Å². The van der Waals surface area contributed by atoms with Gasteiger partial charge in [-0.25, -0.2) is 4.98 Å². The Morgan fingerprint density at radius 2 is 2.00 bits per heavy atom. The fourth-order valence-electron chi connectivity index (χ4n) is 1.43. The molecule has 1 aromatic heterocycles. The van der Waals surface area contributed by atoms with Gasteiger partial charge in [-0.2, -0.15) is 13.1 Å². The van der Waals surface area contributed by atoms with E-state index in [0.29, 0.717) is 12.2 Å². The van der Waals surface area contributed by atoms with Crippen LogP contribution in [0.4, 0.5) is 5.69 Å². The molecule has 0 amide bonds. The third-order valence-corrected chi connectivity index (χ3v) is 4.15. The minimum Gasteiger partial charge on any atom is -0.271 e. The number of rotatable bonds is 5. The zero-order chi connectivity index (χ0) is 13.0. The van der Waals surface area contributed by atoms with Crippen molar-refractivity contribution in [2.45, 2.75) is 6.92 Å². The molecule has 2 rings (SSSR count). The highest BCUT2D eigenvalue weighted by Gasteiger charge is 2.07. The maximum atomic E-state index is 11.5. The predicted molar refractivity (Wildman–Crippen MR) is 73.8 cm³/mol. The van der Waals surface area contributed by atoms with Crippen molar-refractivity contribution >= 4 is 27.2 Å². The molecule has 0 atom stereocenters. The molecule has 0 fully saturated rings. The van der Waals surface area contributed by atoms with Gasteiger partial charge in [0.2, 0.25) is 0 Å². The summed E-state index contributed by atoms with van der Waals surface area (Å²) in [4.78, 5) is 4.19. The van der Waals surface area contributed by atoms with E-state index < -0.39 is 10.2 Å². The largest absolute Gasteiger partial charge is 0.299 e. The number of nitrogens with zero attached hydrogens (tertiary/aromatic N) is 1. The molecular weight excluding hydrogens is 270 g/mol. The molecule has 0 aliphatic heterocycles. The van der Waals surface area contributed by atoms with E-state index in [1.807, 2.05) is 17.5 Å². The van der Waals surface area contributed by atoms with Crippen LogP contribution < -0.4 is 9.44 Å². The summed E-state index contributed by atoms with van der Waals surface area (Å²) in [5.41, 5.74) is 1.49. The number of benzene rings is 1. The van der Waals surface area contributed by atoms with E-state index in [0.717, 1.165) is 10.6 Å². The van der Waals surface area contributed by atoms with E-state index >= 15 is 0 Å². The number of hydrogen-bond donors (Lipinski definition) is 2. The number of thiazole rings is 1. The average Bonchev–Trinajstić information content (AvgIpc) is 2.82. The summed E-state index contributed by atoms with van der Waals surface area (Å²) in [5.74, 6) is 0. The van der Waals surface area contributed by atoms with Crippen LogP contribution in [0.5, 0.6) is 0 Å². The Balaban J connectivity index is 2.14. The summed E-state index contributed by atoms with van der Waals surface area (Å²) in [6.07, 6.45) is 1.74.